The summed E-state index contributed by atoms with van der Waals surface area (Å²) in [6, 6.07) is 6.94. The van der Waals surface area contributed by atoms with Crippen LogP contribution < -0.4 is 10.2 Å². The van der Waals surface area contributed by atoms with Crippen molar-refractivity contribution in [3.8, 4) is 0 Å². The monoisotopic (exact) mass is 550 g/mol. The third-order valence-electron chi connectivity index (χ3n) is 4.64. The number of anilines is 1. The van der Waals surface area contributed by atoms with Crippen molar-refractivity contribution in [2.24, 2.45) is 4.99 Å². The Labute approximate surface area is 193 Å². The van der Waals surface area contributed by atoms with Crippen LogP contribution in [-0.2, 0) is 22.8 Å². The fourth-order valence-electron chi connectivity index (χ4n) is 2.99. The van der Waals surface area contributed by atoms with Gasteiger partial charge in [0.25, 0.3) is 0 Å². The highest BCUT2D eigenvalue weighted by atomic mass is 127. The second-order valence-electron chi connectivity index (χ2n) is 6.64. The van der Waals surface area contributed by atoms with Gasteiger partial charge in [-0.2, -0.15) is 4.37 Å². The number of aliphatic imine (C=N–C) groups is 1. The molecular weight excluding hydrogens is 523 g/mol. The number of piperazine rings is 1. The van der Waals surface area contributed by atoms with Gasteiger partial charge in [0.05, 0.1) is 4.90 Å². The highest BCUT2D eigenvalue weighted by Crippen LogP contribution is 2.19. The van der Waals surface area contributed by atoms with Gasteiger partial charge in [-0.15, -0.1) is 24.0 Å². The second kappa shape index (κ2) is 10.5. The zero-order valence-corrected chi connectivity index (χ0v) is 20.8. The van der Waals surface area contributed by atoms with Gasteiger partial charge in [-0.25, -0.2) is 13.4 Å². The maximum absolute atomic E-state index is 11.6. The normalized spacial score (nSPS) is 15.2. The minimum absolute atomic E-state index is 0. The number of sulfone groups is 1. The van der Waals surface area contributed by atoms with Gasteiger partial charge < -0.3 is 15.1 Å². The van der Waals surface area contributed by atoms with E-state index in [4.69, 9.17) is 0 Å². The van der Waals surface area contributed by atoms with Crippen LogP contribution in [0.4, 0.5) is 5.13 Å². The average Bonchev–Trinajstić information content (AvgIpc) is 3.18. The van der Waals surface area contributed by atoms with Gasteiger partial charge in [0.1, 0.15) is 5.82 Å². The highest BCUT2D eigenvalue weighted by Gasteiger charge is 2.22. The van der Waals surface area contributed by atoms with E-state index in [1.807, 2.05) is 12.1 Å². The van der Waals surface area contributed by atoms with E-state index in [9.17, 15) is 8.42 Å². The first-order valence-electron chi connectivity index (χ1n) is 9.23. The first kappa shape index (κ1) is 23.8. The number of nitrogens with zero attached hydrogens (tertiary/aromatic N) is 5. The van der Waals surface area contributed by atoms with E-state index >= 15 is 0 Å². The van der Waals surface area contributed by atoms with Crippen molar-refractivity contribution >= 4 is 56.4 Å². The Hall–Kier alpha value is -1.47. The molecule has 0 saturated carbocycles. The fraction of sp³-hybridized carbons (Fsp3) is 0.500. The summed E-state index contributed by atoms with van der Waals surface area (Å²) >= 11 is 1.46. The summed E-state index contributed by atoms with van der Waals surface area (Å²) in [6.07, 6.45) is 2.07. The molecule has 8 nitrogen and oxygen atoms in total. The summed E-state index contributed by atoms with van der Waals surface area (Å²) in [5.41, 5.74) is 1.01. The molecule has 0 unspecified atom stereocenters. The van der Waals surface area contributed by atoms with Gasteiger partial charge in [-0.05, 0) is 17.7 Å². The van der Waals surface area contributed by atoms with Gasteiger partial charge >= 0.3 is 0 Å². The Bertz CT molecular complexity index is 922. The van der Waals surface area contributed by atoms with Crippen LogP contribution in [0.1, 0.15) is 18.3 Å². The van der Waals surface area contributed by atoms with Crippen molar-refractivity contribution in [3.05, 3.63) is 35.7 Å². The number of aromatic nitrogens is 2. The third-order valence-corrected chi connectivity index (χ3v) is 6.58. The number of aryl methyl sites for hydroxylation is 1. The predicted octanol–water partition coefficient (Wildman–Crippen LogP) is 2.02. The van der Waals surface area contributed by atoms with Crippen LogP contribution in [0.2, 0.25) is 0 Å². The van der Waals surface area contributed by atoms with Crippen molar-refractivity contribution in [2.45, 2.75) is 24.8 Å². The first-order valence-corrected chi connectivity index (χ1v) is 11.9. The van der Waals surface area contributed by atoms with Gasteiger partial charge in [-0.1, -0.05) is 19.1 Å². The molecule has 0 atom stereocenters. The van der Waals surface area contributed by atoms with Crippen molar-refractivity contribution in [1.82, 2.24) is 19.6 Å². The number of hydrogen-bond donors (Lipinski definition) is 1. The largest absolute Gasteiger partial charge is 0.352 e. The summed E-state index contributed by atoms with van der Waals surface area (Å²) in [5.74, 6) is 1.75. The second-order valence-corrected chi connectivity index (χ2v) is 9.38. The lowest BCUT2D eigenvalue weighted by atomic mass is 10.2. The van der Waals surface area contributed by atoms with E-state index in [0.29, 0.717) is 11.4 Å². The van der Waals surface area contributed by atoms with E-state index < -0.39 is 9.84 Å². The Kier molecular flexibility index (Phi) is 8.64. The Morgan fingerprint density at radius 2 is 1.86 bits per heavy atom. The molecule has 1 saturated heterocycles. The lowest BCUT2D eigenvalue weighted by molar-refractivity contribution is 0.372. The van der Waals surface area contributed by atoms with Crippen LogP contribution in [-0.4, -0.2) is 68.1 Å². The molecule has 11 heteroatoms. The number of benzene rings is 1. The molecule has 29 heavy (non-hydrogen) atoms. The maximum Gasteiger partial charge on any atom is 0.205 e. The zero-order chi connectivity index (χ0) is 20.1. The molecule has 1 aromatic heterocycles. The summed E-state index contributed by atoms with van der Waals surface area (Å²) in [6.45, 7) is 6.12. The molecule has 1 N–H and O–H groups in total. The van der Waals surface area contributed by atoms with Crippen LogP contribution in [0.3, 0.4) is 0 Å². The molecule has 0 aliphatic carbocycles. The predicted molar refractivity (Wildman–Crippen MR) is 128 cm³/mol. The molecule has 2 heterocycles. The molecular formula is C18H27IN6O2S2. The average molecular weight is 550 g/mol. The number of rotatable bonds is 5. The van der Waals surface area contributed by atoms with E-state index in [2.05, 4.69) is 36.4 Å². The Morgan fingerprint density at radius 3 is 2.38 bits per heavy atom. The van der Waals surface area contributed by atoms with Crippen LogP contribution in [0, 0.1) is 0 Å². The molecule has 0 spiro atoms. The molecule has 160 valence electrons. The van der Waals surface area contributed by atoms with Crippen molar-refractivity contribution < 1.29 is 8.42 Å². The quantitative estimate of drug-likeness (QED) is 0.346. The number of hydrogen-bond acceptors (Lipinski definition) is 7. The topological polar surface area (TPSA) is 90.8 Å². The molecule has 1 aliphatic heterocycles. The minimum atomic E-state index is -3.17. The third kappa shape index (κ3) is 6.25. The van der Waals surface area contributed by atoms with Crippen LogP contribution in [0.5, 0.6) is 0 Å². The number of nitrogens with one attached hydrogen (secondary N) is 1. The molecule has 2 aromatic rings. The van der Waals surface area contributed by atoms with E-state index in [1.165, 1.54) is 17.8 Å². The Morgan fingerprint density at radius 1 is 1.21 bits per heavy atom. The van der Waals surface area contributed by atoms with Crippen LogP contribution >= 0.6 is 35.5 Å². The van der Waals surface area contributed by atoms with Crippen molar-refractivity contribution in [2.75, 3.05) is 44.4 Å². The van der Waals surface area contributed by atoms with Crippen LogP contribution in [0.15, 0.2) is 34.2 Å². The van der Waals surface area contributed by atoms with Gasteiger partial charge in [0, 0.05) is 64.0 Å². The van der Waals surface area contributed by atoms with E-state index in [0.717, 1.165) is 55.1 Å². The van der Waals surface area contributed by atoms with E-state index in [-0.39, 0.29) is 24.0 Å². The zero-order valence-electron chi connectivity index (χ0n) is 16.8. The lowest BCUT2D eigenvalue weighted by Crippen LogP contribution is -2.52. The summed E-state index contributed by atoms with van der Waals surface area (Å²) < 4.78 is 27.5. The van der Waals surface area contributed by atoms with Crippen molar-refractivity contribution in [1.29, 1.82) is 0 Å². The van der Waals surface area contributed by atoms with Crippen molar-refractivity contribution in [3.63, 3.8) is 0 Å². The number of halogens is 1. The molecule has 0 amide bonds. The summed E-state index contributed by atoms with van der Waals surface area (Å²) in [7, 11) is -1.39. The molecule has 1 aliphatic rings. The fourth-order valence-corrected chi connectivity index (χ4v) is 4.43. The van der Waals surface area contributed by atoms with Gasteiger partial charge in [0.15, 0.2) is 15.8 Å². The van der Waals surface area contributed by atoms with E-state index in [1.54, 1.807) is 19.2 Å². The SMILES string of the molecule is CCc1nsc(N2CCN(C(=NC)NCc3ccc(S(C)(=O)=O)cc3)CC2)n1.I. The lowest BCUT2D eigenvalue weighted by Gasteiger charge is -2.36. The molecule has 1 aromatic carbocycles. The molecule has 0 radical (unpaired) electrons. The van der Waals surface area contributed by atoms with Crippen LogP contribution in [0.25, 0.3) is 0 Å². The number of guanidine groups is 1. The molecule has 0 bridgehead atoms. The first-order chi connectivity index (χ1) is 13.4. The smallest absolute Gasteiger partial charge is 0.205 e. The summed E-state index contributed by atoms with van der Waals surface area (Å²) in [5, 5.41) is 4.36. The highest BCUT2D eigenvalue weighted by molar-refractivity contribution is 14.0. The molecule has 1 fully saturated rings. The minimum Gasteiger partial charge on any atom is -0.352 e. The maximum atomic E-state index is 11.6. The molecule has 3 rings (SSSR count). The Balaban J connectivity index is 0.00000300. The summed E-state index contributed by atoms with van der Waals surface area (Å²) in [4.78, 5) is 13.8. The van der Waals surface area contributed by atoms with Gasteiger partial charge in [-0.3, -0.25) is 4.99 Å². The standard InChI is InChI=1S/C18H26N6O2S2.HI/c1-4-16-21-18(27-22-16)24-11-9-23(10-12-24)17(19-2)20-13-14-5-7-15(8-6-14)28(3,25)26;/h5-8H,4,9-13H2,1-3H3,(H,19,20);1H. The van der Waals surface area contributed by atoms with Gasteiger partial charge in [0.2, 0.25) is 5.13 Å².